The summed E-state index contributed by atoms with van der Waals surface area (Å²) in [7, 11) is 3.06. The number of benzene rings is 3. The van der Waals surface area contributed by atoms with Crippen LogP contribution >= 0.6 is 11.3 Å². The van der Waals surface area contributed by atoms with E-state index in [4.69, 9.17) is 19.2 Å². The van der Waals surface area contributed by atoms with Gasteiger partial charge in [0.15, 0.2) is 4.80 Å². The number of anilines is 1. The maximum absolute atomic E-state index is 14.5. The Morgan fingerprint density at radius 2 is 1.70 bits per heavy atom. The van der Waals surface area contributed by atoms with Gasteiger partial charge in [-0.1, -0.05) is 59.9 Å². The Morgan fingerprint density at radius 3 is 2.41 bits per heavy atom. The molecule has 224 valence electrons. The molecule has 0 radical (unpaired) electrons. The van der Waals surface area contributed by atoms with Gasteiger partial charge in [-0.15, -0.1) is 0 Å². The van der Waals surface area contributed by atoms with Gasteiger partial charge in [0, 0.05) is 11.1 Å². The van der Waals surface area contributed by atoms with Crippen molar-refractivity contribution in [2.75, 3.05) is 19.1 Å². The molecule has 0 N–H and O–H groups in total. The van der Waals surface area contributed by atoms with Crippen molar-refractivity contribution < 1.29 is 23.8 Å². The number of carbonyl (C=O) groups excluding carboxylic acids is 2. The highest BCUT2D eigenvalue weighted by atomic mass is 32.1. The maximum Gasteiger partial charge on any atom is 0.338 e. The number of fused-ring (bicyclic) bond motifs is 2. The van der Waals surface area contributed by atoms with Gasteiger partial charge in [0.25, 0.3) is 11.5 Å². The number of esters is 1. The van der Waals surface area contributed by atoms with Crippen molar-refractivity contribution in [3.05, 3.63) is 120 Å². The number of para-hydroxylation sites is 1. The first-order valence-corrected chi connectivity index (χ1v) is 15.0. The van der Waals surface area contributed by atoms with Crippen LogP contribution < -0.4 is 29.3 Å². The van der Waals surface area contributed by atoms with E-state index in [0.717, 1.165) is 22.6 Å². The van der Waals surface area contributed by atoms with Gasteiger partial charge in [-0.2, -0.15) is 0 Å². The van der Waals surface area contributed by atoms with Crippen LogP contribution in [-0.2, 0) is 20.9 Å². The van der Waals surface area contributed by atoms with Crippen LogP contribution in [0.15, 0.2) is 93.9 Å². The lowest BCUT2D eigenvalue weighted by molar-refractivity contribution is -0.143. The average Bonchev–Trinajstić information content (AvgIpc) is 3.48. The van der Waals surface area contributed by atoms with Crippen molar-refractivity contribution in [2.45, 2.75) is 39.5 Å². The number of hydrogen-bond donors (Lipinski definition) is 0. The van der Waals surface area contributed by atoms with Crippen LogP contribution in [0.3, 0.4) is 0 Å². The zero-order chi connectivity index (χ0) is 31.1. The molecule has 0 spiro atoms. The van der Waals surface area contributed by atoms with Crippen molar-refractivity contribution in [1.82, 2.24) is 4.57 Å². The molecule has 10 heteroatoms. The third-order valence-electron chi connectivity index (χ3n) is 7.63. The van der Waals surface area contributed by atoms with Gasteiger partial charge in [-0.3, -0.25) is 14.2 Å². The molecule has 0 saturated heterocycles. The summed E-state index contributed by atoms with van der Waals surface area (Å²) >= 11 is 1.13. The molecule has 6 rings (SSSR count). The normalized spacial score (nSPS) is 16.9. The van der Waals surface area contributed by atoms with Crippen LogP contribution in [0.5, 0.6) is 11.5 Å². The van der Waals surface area contributed by atoms with E-state index in [0.29, 0.717) is 45.2 Å². The van der Waals surface area contributed by atoms with E-state index >= 15 is 0 Å². The fourth-order valence-electron chi connectivity index (χ4n) is 5.68. The summed E-state index contributed by atoms with van der Waals surface area (Å²) in [5.74, 6) is 0.111. The second kappa shape index (κ2) is 11.6. The number of rotatable bonds is 7. The van der Waals surface area contributed by atoms with E-state index in [1.54, 1.807) is 43.9 Å². The van der Waals surface area contributed by atoms with Crippen molar-refractivity contribution in [1.29, 1.82) is 0 Å². The van der Waals surface area contributed by atoms with Crippen molar-refractivity contribution in [3.8, 4) is 11.5 Å². The first kappa shape index (κ1) is 29.1. The minimum atomic E-state index is -0.941. The topological polar surface area (TPSA) is 99.4 Å². The Balaban J connectivity index is 1.61. The SMILES string of the molecule is COc1ccc(OC)c([C@@H]2C(C(=O)OC(C)C)=C(C)N=c3s/c(=C4/C(=O)N(Cc5ccccc5)c5ccccc54)c(=O)n32)c1. The summed E-state index contributed by atoms with van der Waals surface area (Å²) in [6.07, 6.45) is -0.398. The van der Waals surface area contributed by atoms with Crippen LogP contribution in [0.4, 0.5) is 5.69 Å². The van der Waals surface area contributed by atoms with Crippen molar-refractivity contribution in [2.24, 2.45) is 4.99 Å². The first-order valence-electron chi connectivity index (χ1n) is 14.2. The predicted molar refractivity (Wildman–Crippen MR) is 168 cm³/mol. The molecule has 9 nitrogen and oxygen atoms in total. The second-order valence-electron chi connectivity index (χ2n) is 10.7. The van der Waals surface area contributed by atoms with Crippen molar-refractivity contribution >= 4 is 34.5 Å². The molecular formula is C34H31N3O6S. The van der Waals surface area contributed by atoms with Crippen LogP contribution in [-0.4, -0.2) is 36.8 Å². The van der Waals surface area contributed by atoms with Gasteiger partial charge >= 0.3 is 5.97 Å². The highest BCUT2D eigenvalue weighted by molar-refractivity contribution is 7.07. The molecule has 3 heterocycles. The smallest absolute Gasteiger partial charge is 0.338 e. The molecule has 1 amide bonds. The Hall–Kier alpha value is -4.96. The largest absolute Gasteiger partial charge is 0.497 e. The van der Waals surface area contributed by atoms with Gasteiger partial charge in [0.2, 0.25) is 0 Å². The second-order valence-corrected chi connectivity index (χ2v) is 11.7. The number of carbonyl (C=O) groups is 2. The number of nitrogens with zero attached hydrogens (tertiary/aromatic N) is 3. The van der Waals surface area contributed by atoms with Gasteiger partial charge < -0.3 is 19.1 Å². The summed E-state index contributed by atoms with van der Waals surface area (Å²) in [6.45, 7) is 5.59. The minimum Gasteiger partial charge on any atom is -0.497 e. The number of thiazole rings is 1. The Labute approximate surface area is 258 Å². The third kappa shape index (κ3) is 4.90. The average molecular weight is 610 g/mol. The molecule has 3 aromatic carbocycles. The zero-order valence-electron chi connectivity index (χ0n) is 25.0. The van der Waals surface area contributed by atoms with Gasteiger partial charge in [0.1, 0.15) is 22.1 Å². The number of hydrogen-bond acceptors (Lipinski definition) is 8. The van der Waals surface area contributed by atoms with Crippen LogP contribution in [0.1, 0.15) is 43.5 Å². The lowest BCUT2D eigenvalue weighted by Gasteiger charge is -2.26. The van der Waals surface area contributed by atoms with E-state index in [1.165, 1.54) is 18.8 Å². The quantitative estimate of drug-likeness (QED) is 0.293. The first-order chi connectivity index (χ1) is 21.2. The number of allylic oxidation sites excluding steroid dienone is 1. The fourth-order valence-corrected chi connectivity index (χ4v) is 6.82. The van der Waals surface area contributed by atoms with Crippen molar-refractivity contribution in [3.63, 3.8) is 0 Å². The molecule has 0 aliphatic carbocycles. The molecule has 0 unspecified atom stereocenters. The summed E-state index contributed by atoms with van der Waals surface area (Å²) in [6, 6.07) is 21.4. The zero-order valence-corrected chi connectivity index (χ0v) is 25.8. The molecule has 44 heavy (non-hydrogen) atoms. The molecule has 0 bridgehead atoms. The number of methoxy groups -OCH3 is 2. The maximum atomic E-state index is 14.5. The van der Waals surface area contributed by atoms with E-state index in [1.807, 2.05) is 54.6 Å². The van der Waals surface area contributed by atoms with Gasteiger partial charge in [0.05, 0.1) is 49.4 Å². The Kier molecular flexibility index (Phi) is 7.69. The van der Waals surface area contributed by atoms with Gasteiger partial charge in [-0.25, -0.2) is 9.79 Å². The third-order valence-corrected chi connectivity index (χ3v) is 8.68. The lowest BCUT2D eigenvalue weighted by atomic mass is 9.94. The number of aromatic nitrogens is 1. The minimum absolute atomic E-state index is 0.207. The molecule has 0 fully saturated rings. The monoisotopic (exact) mass is 609 g/mol. The molecule has 4 aromatic rings. The summed E-state index contributed by atoms with van der Waals surface area (Å²) in [4.78, 5) is 49.0. The standard InChI is InChI=1S/C34H31N3O6S/c1-19(2)43-33(40)27-20(3)35-34-37(29(27)24-17-22(41-4)15-16-26(24)42-5)32(39)30(44-34)28-23-13-9-10-14-25(23)36(31(28)38)18-21-11-7-6-8-12-21/h6-17,19,29H,18H2,1-5H3/b30-28+/t29-/m1/s1. The van der Waals surface area contributed by atoms with E-state index in [-0.39, 0.29) is 16.0 Å². The number of amides is 1. The molecule has 2 aliphatic heterocycles. The number of ether oxygens (including phenoxy) is 3. The molecule has 2 aliphatic rings. The van der Waals surface area contributed by atoms with Crippen LogP contribution in [0.25, 0.3) is 5.57 Å². The summed E-state index contributed by atoms with van der Waals surface area (Å²) in [5, 5.41) is 0. The Morgan fingerprint density at radius 1 is 0.977 bits per heavy atom. The highest BCUT2D eigenvalue weighted by Crippen LogP contribution is 2.39. The highest BCUT2D eigenvalue weighted by Gasteiger charge is 2.38. The van der Waals surface area contributed by atoms with E-state index in [2.05, 4.69) is 0 Å². The molecule has 1 atom stereocenters. The molecule has 0 saturated carbocycles. The molecular weight excluding hydrogens is 578 g/mol. The van der Waals surface area contributed by atoms with E-state index < -0.39 is 23.7 Å². The predicted octanol–water partition coefficient (Wildman–Crippen LogP) is 4.12. The lowest BCUT2D eigenvalue weighted by Crippen LogP contribution is -2.41. The Bertz CT molecular complexity index is 2010. The fraction of sp³-hybridized carbons (Fsp3) is 0.235. The van der Waals surface area contributed by atoms with Crippen LogP contribution in [0, 0.1) is 0 Å². The van der Waals surface area contributed by atoms with Gasteiger partial charge in [-0.05, 0) is 50.6 Å². The van der Waals surface area contributed by atoms with E-state index in [9.17, 15) is 14.4 Å². The summed E-state index contributed by atoms with van der Waals surface area (Å²) in [5.41, 5.74) is 3.38. The molecule has 1 aromatic heterocycles. The van der Waals surface area contributed by atoms with Crippen LogP contribution in [0.2, 0.25) is 0 Å². The summed E-state index contributed by atoms with van der Waals surface area (Å²) < 4.78 is 18.5.